The van der Waals surface area contributed by atoms with E-state index < -0.39 is 5.60 Å². The van der Waals surface area contributed by atoms with Gasteiger partial charge in [-0.2, -0.15) is 0 Å². The van der Waals surface area contributed by atoms with E-state index in [0.29, 0.717) is 26.1 Å². The highest BCUT2D eigenvalue weighted by atomic mass is 32.1. The van der Waals surface area contributed by atoms with Crippen molar-refractivity contribution in [2.24, 2.45) is 0 Å². The van der Waals surface area contributed by atoms with Crippen LogP contribution in [0.3, 0.4) is 0 Å². The van der Waals surface area contributed by atoms with Crippen LogP contribution in [0.15, 0.2) is 60.5 Å². The third kappa shape index (κ3) is 4.86. The van der Waals surface area contributed by atoms with Gasteiger partial charge in [0.25, 0.3) is 5.91 Å². The molecule has 1 fully saturated rings. The zero-order valence-corrected chi connectivity index (χ0v) is 18.3. The molecular weight excluding hydrogens is 412 g/mol. The van der Waals surface area contributed by atoms with Gasteiger partial charge >= 0.3 is 0 Å². The number of carbonyl (C=O) groups excluding carboxylic acids is 2. The summed E-state index contributed by atoms with van der Waals surface area (Å²) >= 11 is 1.69. The summed E-state index contributed by atoms with van der Waals surface area (Å²) < 4.78 is 7.81. The second-order valence-corrected chi connectivity index (χ2v) is 8.55. The number of benzene rings is 1. The quantitative estimate of drug-likeness (QED) is 0.615. The third-order valence-corrected chi connectivity index (χ3v) is 6.33. The van der Waals surface area contributed by atoms with Crippen LogP contribution in [0.4, 0.5) is 0 Å². The van der Waals surface area contributed by atoms with E-state index in [1.165, 1.54) is 4.88 Å². The van der Waals surface area contributed by atoms with Crippen molar-refractivity contribution in [1.29, 1.82) is 0 Å². The summed E-state index contributed by atoms with van der Waals surface area (Å²) in [4.78, 5) is 32.8. The molecule has 1 atom stereocenters. The van der Waals surface area contributed by atoms with Gasteiger partial charge in [-0.05, 0) is 29.5 Å². The van der Waals surface area contributed by atoms with Crippen molar-refractivity contribution in [3.63, 3.8) is 0 Å². The summed E-state index contributed by atoms with van der Waals surface area (Å²) in [7, 11) is 0. The maximum Gasteiger partial charge on any atom is 0.254 e. The molecule has 31 heavy (non-hydrogen) atoms. The predicted octanol–water partition coefficient (Wildman–Crippen LogP) is 2.59. The molecule has 3 aromatic rings. The number of nitrogens with one attached hydrogen (secondary N) is 1. The van der Waals surface area contributed by atoms with E-state index in [1.807, 2.05) is 25.1 Å². The van der Waals surface area contributed by atoms with Crippen LogP contribution in [0.25, 0.3) is 10.4 Å². The summed E-state index contributed by atoms with van der Waals surface area (Å²) in [5, 5.41) is 4.95. The number of rotatable bonds is 7. The number of nitrogens with zero attached hydrogens (tertiary/aromatic N) is 3. The molecule has 1 saturated heterocycles. The molecule has 0 radical (unpaired) electrons. The highest BCUT2D eigenvalue weighted by Crippen LogP contribution is 2.28. The van der Waals surface area contributed by atoms with Gasteiger partial charge in [0.15, 0.2) is 5.60 Å². The van der Waals surface area contributed by atoms with Gasteiger partial charge in [-0.15, -0.1) is 11.3 Å². The largest absolute Gasteiger partial charge is 0.361 e. The van der Waals surface area contributed by atoms with Crippen LogP contribution in [0, 0.1) is 0 Å². The lowest BCUT2D eigenvalue weighted by Gasteiger charge is -2.41. The minimum absolute atomic E-state index is 0.0528. The van der Waals surface area contributed by atoms with Gasteiger partial charge < -0.3 is 19.5 Å². The Balaban J connectivity index is 1.53. The van der Waals surface area contributed by atoms with E-state index >= 15 is 0 Å². The van der Waals surface area contributed by atoms with E-state index in [-0.39, 0.29) is 24.9 Å². The number of amides is 2. The highest BCUT2D eigenvalue weighted by Gasteiger charge is 2.44. The fraction of sp³-hybridized carbons (Fsp3) is 0.348. The monoisotopic (exact) mass is 438 g/mol. The van der Waals surface area contributed by atoms with Crippen LogP contribution in [-0.4, -0.2) is 58.1 Å². The molecule has 0 aliphatic carbocycles. The fourth-order valence-electron chi connectivity index (χ4n) is 3.84. The van der Waals surface area contributed by atoms with Gasteiger partial charge in [-0.25, -0.2) is 4.98 Å². The van der Waals surface area contributed by atoms with Crippen molar-refractivity contribution < 1.29 is 14.3 Å². The summed E-state index contributed by atoms with van der Waals surface area (Å²) in [6.07, 6.45) is 5.42. The van der Waals surface area contributed by atoms with Crippen LogP contribution in [-0.2, 0) is 27.3 Å². The molecule has 3 heterocycles. The Bertz CT molecular complexity index is 1000. The van der Waals surface area contributed by atoms with Crippen molar-refractivity contribution >= 4 is 23.2 Å². The number of thiophene rings is 1. The molecule has 0 saturated carbocycles. The Morgan fingerprint density at radius 3 is 2.77 bits per heavy atom. The molecular formula is C23H26N4O3S. The topological polar surface area (TPSA) is 76.5 Å². The Morgan fingerprint density at radius 1 is 1.26 bits per heavy atom. The van der Waals surface area contributed by atoms with E-state index in [0.717, 1.165) is 11.1 Å². The normalized spacial score (nSPS) is 18.7. The Labute approximate surface area is 185 Å². The van der Waals surface area contributed by atoms with E-state index in [1.54, 1.807) is 39.5 Å². The number of hydrogen-bond donors (Lipinski definition) is 1. The molecule has 0 spiro atoms. The van der Waals surface area contributed by atoms with Crippen molar-refractivity contribution in [3.05, 3.63) is 66.1 Å². The van der Waals surface area contributed by atoms with E-state index in [9.17, 15) is 9.59 Å². The van der Waals surface area contributed by atoms with Gasteiger partial charge in [0.05, 0.1) is 19.5 Å². The van der Waals surface area contributed by atoms with Crippen LogP contribution in [0.5, 0.6) is 0 Å². The van der Waals surface area contributed by atoms with Crippen molar-refractivity contribution in [2.75, 3.05) is 26.2 Å². The first-order chi connectivity index (χ1) is 15.1. The first-order valence-electron chi connectivity index (χ1n) is 10.4. The molecule has 1 N–H and O–H groups in total. The molecule has 0 unspecified atom stereocenters. The molecule has 2 amide bonds. The van der Waals surface area contributed by atoms with E-state index in [4.69, 9.17) is 4.74 Å². The lowest BCUT2D eigenvalue weighted by molar-refractivity contribution is -0.166. The number of morpholine rings is 1. The summed E-state index contributed by atoms with van der Waals surface area (Å²) in [5.41, 5.74) is 1.03. The van der Waals surface area contributed by atoms with Gasteiger partial charge in [0.2, 0.25) is 5.91 Å². The SMILES string of the molecule is CCNC(=O)[C@@]1(Cc2ccc(-c3cccs3)cc2)CN(C(=O)Cn2ccnc2)CCO1. The Kier molecular flexibility index (Phi) is 6.48. The molecule has 4 rings (SSSR count). The minimum atomic E-state index is -1.11. The number of imidazole rings is 1. The first kappa shape index (κ1) is 21.3. The molecule has 1 aliphatic rings. The second-order valence-electron chi connectivity index (χ2n) is 7.60. The standard InChI is InChI=1S/C23H26N4O3S/c1-2-25-22(29)23(14-18-5-7-19(8-6-18)20-4-3-13-31-20)16-27(11-12-30-23)21(28)15-26-10-9-24-17-26/h3-10,13,17H,2,11-12,14-16H2,1H3,(H,25,29)/t23-/m1/s1. The predicted molar refractivity (Wildman–Crippen MR) is 120 cm³/mol. The fourth-order valence-corrected chi connectivity index (χ4v) is 4.57. The Morgan fingerprint density at radius 2 is 2.10 bits per heavy atom. The lowest BCUT2D eigenvalue weighted by atomic mass is 9.90. The first-order valence-corrected chi connectivity index (χ1v) is 11.3. The number of aromatic nitrogens is 2. The minimum Gasteiger partial charge on any atom is -0.361 e. The number of carbonyl (C=O) groups is 2. The van der Waals surface area contributed by atoms with Crippen LogP contribution >= 0.6 is 11.3 Å². The molecule has 1 aliphatic heterocycles. The van der Waals surface area contributed by atoms with Crippen LogP contribution < -0.4 is 5.32 Å². The summed E-state index contributed by atoms with van der Waals surface area (Å²) in [6, 6.07) is 12.3. The maximum atomic E-state index is 13.1. The van der Waals surface area contributed by atoms with E-state index in [2.05, 4.69) is 33.9 Å². The third-order valence-electron chi connectivity index (χ3n) is 5.42. The molecule has 8 heteroatoms. The molecule has 0 bridgehead atoms. The van der Waals surface area contributed by atoms with Crippen molar-refractivity contribution in [1.82, 2.24) is 19.8 Å². The number of likely N-dealkylation sites (N-methyl/N-ethyl adjacent to an activating group) is 1. The average Bonchev–Trinajstić information content (AvgIpc) is 3.49. The van der Waals surface area contributed by atoms with Crippen molar-refractivity contribution in [2.45, 2.75) is 25.5 Å². The molecule has 7 nitrogen and oxygen atoms in total. The average molecular weight is 439 g/mol. The summed E-state index contributed by atoms with van der Waals surface area (Å²) in [6.45, 7) is 3.59. The molecule has 162 valence electrons. The van der Waals surface area contributed by atoms with Gasteiger partial charge in [0, 0.05) is 36.8 Å². The highest BCUT2D eigenvalue weighted by molar-refractivity contribution is 7.13. The smallest absolute Gasteiger partial charge is 0.254 e. The van der Waals surface area contributed by atoms with Crippen LogP contribution in [0.1, 0.15) is 12.5 Å². The summed E-state index contributed by atoms with van der Waals surface area (Å²) in [5.74, 6) is -0.236. The van der Waals surface area contributed by atoms with Gasteiger partial charge in [-0.1, -0.05) is 30.3 Å². The zero-order valence-electron chi connectivity index (χ0n) is 17.5. The second kappa shape index (κ2) is 9.45. The lowest BCUT2D eigenvalue weighted by Crippen LogP contribution is -2.62. The van der Waals surface area contributed by atoms with Crippen molar-refractivity contribution in [3.8, 4) is 10.4 Å². The van der Waals surface area contributed by atoms with Gasteiger partial charge in [0.1, 0.15) is 6.54 Å². The number of hydrogen-bond acceptors (Lipinski definition) is 5. The molecule has 2 aromatic heterocycles. The maximum absolute atomic E-state index is 13.1. The molecule has 1 aromatic carbocycles. The number of ether oxygens (including phenoxy) is 1. The zero-order chi connectivity index (χ0) is 21.7. The van der Waals surface area contributed by atoms with Crippen LogP contribution in [0.2, 0.25) is 0 Å². The Hall–Kier alpha value is -2.97. The van der Waals surface area contributed by atoms with Gasteiger partial charge in [-0.3, -0.25) is 9.59 Å².